The Bertz CT molecular complexity index is 655. The summed E-state index contributed by atoms with van der Waals surface area (Å²) in [5.74, 6) is 0. The van der Waals surface area contributed by atoms with E-state index in [4.69, 9.17) is 5.26 Å². The molecule has 0 radical (unpaired) electrons. The fourth-order valence-electron chi connectivity index (χ4n) is 1.78. The second-order valence-electron chi connectivity index (χ2n) is 4.13. The lowest BCUT2D eigenvalue weighted by molar-refractivity contribution is 0.712. The van der Waals surface area contributed by atoms with Crippen molar-refractivity contribution in [3.8, 4) is 6.07 Å². The summed E-state index contributed by atoms with van der Waals surface area (Å²) in [5.41, 5.74) is 3.63. The van der Waals surface area contributed by atoms with Crippen molar-refractivity contribution in [2.45, 2.75) is 13.5 Å². The molecule has 0 unspecified atom stereocenters. The van der Waals surface area contributed by atoms with Gasteiger partial charge < -0.3 is 5.32 Å². The summed E-state index contributed by atoms with van der Waals surface area (Å²) in [6.07, 6.45) is 0. The molecule has 0 atom stereocenters. The first-order valence-corrected chi connectivity index (χ1v) is 7.23. The Hall–Kier alpha value is -1.32. The third-order valence-corrected chi connectivity index (χ3v) is 4.49. The first kappa shape index (κ1) is 14.1. The summed E-state index contributed by atoms with van der Waals surface area (Å²) >= 11 is 6.99. The van der Waals surface area contributed by atoms with Gasteiger partial charge in [0, 0.05) is 17.2 Å². The Balaban J connectivity index is 2.17. The number of halogens is 2. The summed E-state index contributed by atoms with van der Waals surface area (Å²) < 4.78 is 3.75. The average molecular weight is 384 g/mol. The molecule has 98 valence electrons. The Kier molecular flexibility index (Phi) is 4.27. The van der Waals surface area contributed by atoms with Gasteiger partial charge in [-0.15, -0.1) is 0 Å². The number of hydrogen-bond donors (Lipinski definition) is 1. The second kappa shape index (κ2) is 5.76. The van der Waals surface area contributed by atoms with Gasteiger partial charge >= 0.3 is 0 Å². The van der Waals surface area contributed by atoms with E-state index < -0.39 is 0 Å². The molecule has 0 saturated heterocycles. The lowest BCUT2D eigenvalue weighted by atomic mass is 10.2. The van der Waals surface area contributed by atoms with Crippen LogP contribution in [0.2, 0.25) is 0 Å². The number of aromatic nitrogens is 2. The Morgan fingerprint density at radius 3 is 2.68 bits per heavy atom. The Morgan fingerprint density at radius 1 is 1.42 bits per heavy atom. The van der Waals surface area contributed by atoms with Crippen LogP contribution in [0.5, 0.6) is 0 Å². The minimum atomic E-state index is 0.634. The van der Waals surface area contributed by atoms with Crippen molar-refractivity contribution >= 4 is 37.5 Å². The molecule has 0 aliphatic heterocycles. The molecule has 0 fully saturated rings. The number of nitrogens with one attached hydrogen (secondary N) is 1. The Morgan fingerprint density at radius 2 is 2.16 bits per heavy atom. The molecule has 6 heteroatoms. The molecule has 4 nitrogen and oxygen atoms in total. The van der Waals surface area contributed by atoms with Gasteiger partial charge in [-0.2, -0.15) is 10.4 Å². The average Bonchev–Trinajstić information content (AvgIpc) is 2.62. The fourth-order valence-corrected chi connectivity index (χ4v) is 2.77. The molecule has 0 amide bonds. The fraction of sp³-hybridized carbons (Fsp3) is 0.231. The normalized spacial score (nSPS) is 10.3. The van der Waals surface area contributed by atoms with E-state index in [2.05, 4.69) is 48.3 Å². The minimum Gasteiger partial charge on any atom is -0.378 e. The summed E-state index contributed by atoms with van der Waals surface area (Å²) in [7, 11) is 1.92. The van der Waals surface area contributed by atoms with E-state index >= 15 is 0 Å². The molecular formula is C13H12Br2N4. The largest absolute Gasteiger partial charge is 0.378 e. The van der Waals surface area contributed by atoms with E-state index in [-0.39, 0.29) is 0 Å². The zero-order valence-corrected chi connectivity index (χ0v) is 13.7. The number of benzene rings is 1. The molecule has 1 heterocycles. The molecule has 0 spiro atoms. The van der Waals surface area contributed by atoms with E-state index in [0.29, 0.717) is 12.1 Å². The highest BCUT2D eigenvalue weighted by atomic mass is 79.9. The monoisotopic (exact) mass is 382 g/mol. The molecule has 1 aromatic heterocycles. The number of aryl methyl sites for hydroxylation is 2. The van der Waals surface area contributed by atoms with Gasteiger partial charge in [0.2, 0.25) is 0 Å². The SMILES string of the molecule is Cc1nn(C)c(CNc2ccc(C#N)cc2Br)c1Br. The van der Waals surface area contributed by atoms with E-state index in [0.717, 1.165) is 26.0 Å². The van der Waals surface area contributed by atoms with E-state index in [1.807, 2.05) is 24.7 Å². The number of hydrogen-bond acceptors (Lipinski definition) is 3. The zero-order chi connectivity index (χ0) is 14.0. The van der Waals surface area contributed by atoms with Gasteiger partial charge in [0.15, 0.2) is 0 Å². The van der Waals surface area contributed by atoms with Crippen molar-refractivity contribution in [2.24, 2.45) is 7.05 Å². The number of nitrogens with zero attached hydrogens (tertiary/aromatic N) is 3. The third-order valence-electron chi connectivity index (χ3n) is 2.81. The minimum absolute atomic E-state index is 0.634. The molecule has 0 aliphatic rings. The topological polar surface area (TPSA) is 53.6 Å². The van der Waals surface area contributed by atoms with Crippen LogP contribution in [0.15, 0.2) is 27.1 Å². The number of nitriles is 1. The van der Waals surface area contributed by atoms with Crippen molar-refractivity contribution in [3.63, 3.8) is 0 Å². The smallest absolute Gasteiger partial charge is 0.0992 e. The van der Waals surface area contributed by atoms with Crippen molar-refractivity contribution in [1.82, 2.24) is 9.78 Å². The van der Waals surface area contributed by atoms with Gasteiger partial charge in [0.25, 0.3) is 0 Å². The Labute approximate surface area is 128 Å². The lowest BCUT2D eigenvalue weighted by Gasteiger charge is -2.09. The maximum Gasteiger partial charge on any atom is 0.0992 e. The molecule has 2 rings (SSSR count). The van der Waals surface area contributed by atoms with E-state index in [1.54, 1.807) is 12.1 Å². The van der Waals surface area contributed by atoms with Crippen LogP contribution >= 0.6 is 31.9 Å². The van der Waals surface area contributed by atoms with Crippen molar-refractivity contribution in [1.29, 1.82) is 5.26 Å². The molecule has 1 N–H and O–H groups in total. The lowest BCUT2D eigenvalue weighted by Crippen LogP contribution is -2.06. The molecule has 0 aliphatic carbocycles. The molecule has 0 saturated carbocycles. The van der Waals surface area contributed by atoms with Crippen LogP contribution < -0.4 is 5.32 Å². The second-order valence-corrected chi connectivity index (χ2v) is 5.78. The summed E-state index contributed by atoms with van der Waals surface area (Å²) in [4.78, 5) is 0. The molecule has 19 heavy (non-hydrogen) atoms. The maximum absolute atomic E-state index is 8.83. The van der Waals surface area contributed by atoms with Crippen LogP contribution in [0.1, 0.15) is 17.0 Å². The van der Waals surface area contributed by atoms with E-state index in [9.17, 15) is 0 Å². The van der Waals surface area contributed by atoms with E-state index in [1.165, 1.54) is 0 Å². The summed E-state index contributed by atoms with van der Waals surface area (Å²) in [6, 6.07) is 7.59. The van der Waals surface area contributed by atoms with Crippen LogP contribution in [0, 0.1) is 18.3 Å². The first-order valence-electron chi connectivity index (χ1n) is 5.64. The molecule has 0 bridgehead atoms. The summed E-state index contributed by atoms with van der Waals surface area (Å²) in [6.45, 7) is 2.62. The number of rotatable bonds is 3. The number of anilines is 1. The van der Waals surface area contributed by atoms with Crippen LogP contribution in [0.4, 0.5) is 5.69 Å². The van der Waals surface area contributed by atoms with Gasteiger partial charge in [0.05, 0.1) is 34.0 Å². The van der Waals surface area contributed by atoms with Gasteiger partial charge in [-0.05, 0) is 57.0 Å². The maximum atomic E-state index is 8.83. The molecule has 2 aromatic rings. The van der Waals surface area contributed by atoms with Crippen molar-refractivity contribution in [3.05, 3.63) is 44.1 Å². The van der Waals surface area contributed by atoms with Gasteiger partial charge in [0.1, 0.15) is 0 Å². The molecule has 1 aromatic carbocycles. The zero-order valence-electron chi connectivity index (χ0n) is 10.5. The van der Waals surface area contributed by atoms with Crippen LogP contribution in [0.3, 0.4) is 0 Å². The van der Waals surface area contributed by atoms with Gasteiger partial charge in [-0.3, -0.25) is 4.68 Å². The highest BCUT2D eigenvalue weighted by Crippen LogP contribution is 2.26. The van der Waals surface area contributed by atoms with Gasteiger partial charge in [-0.25, -0.2) is 0 Å². The predicted octanol–water partition coefficient (Wildman–Crippen LogP) is 3.74. The highest BCUT2D eigenvalue weighted by molar-refractivity contribution is 9.11. The highest BCUT2D eigenvalue weighted by Gasteiger charge is 2.10. The predicted molar refractivity (Wildman–Crippen MR) is 81.8 cm³/mol. The van der Waals surface area contributed by atoms with Crippen LogP contribution in [-0.2, 0) is 13.6 Å². The standard InChI is InChI=1S/C13H12Br2N4/c1-8-13(15)12(19(2)18-8)7-17-11-4-3-9(6-16)5-10(11)14/h3-5,17H,7H2,1-2H3. The van der Waals surface area contributed by atoms with Crippen LogP contribution in [-0.4, -0.2) is 9.78 Å². The van der Waals surface area contributed by atoms with Crippen molar-refractivity contribution in [2.75, 3.05) is 5.32 Å². The summed E-state index contributed by atoms with van der Waals surface area (Å²) in [5, 5.41) is 16.5. The van der Waals surface area contributed by atoms with Gasteiger partial charge in [-0.1, -0.05) is 0 Å². The van der Waals surface area contributed by atoms with Crippen LogP contribution in [0.25, 0.3) is 0 Å². The quantitative estimate of drug-likeness (QED) is 0.878. The third kappa shape index (κ3) is 2.99. The molecular weight excluding hydrogens is 372 g/mol. The van der Waals surface area contributed by atoms with Crippen molar-refractivity contribution < 1.29 is 0 Å². The first-order chi connectivity index (χ1) is 9.02.